The molecule has 2 N–H and O–H groups in total. The Bertz CT molecular complexity index is 909. The second-order valence-electron chi connectivity index (χ2n) is 7.48. The van der Waals surface area contributed by atoms with Crippen molar-refractivity contribution in [1.29, 1.82) is 0 Å². The maximum atomic E-state index is 12.9. The number of nitrogens with two attached hydrogens (primary N) is 1. The van der Waals surface area contributed by atoms with Crippen LogP contribution >= 0.6 is 0 Å². The van der Waals surface area contributed by atoms with E-state index in [1.807, 2.05) is 17.0 Å². The number of aromatic nitrogens is 2. The molecule has 1 saturated heterocycles. The highest BCUT2D eigenvalue weighted by molar-refractivity contribution is 5.97. The van der Waals surface area contributed by atoms with E-state index in [-0.39, 0.29) is 24.3 Å². The average molecular weight is 395 g/mol. The maximum absolute atomic E-state index is 12.9. The van der Waals surface area contributed by atoms with Crippen LogP contribution in [0.4, 0.5) is 5.95 Å². The van der Waals surface area contributed by atoms with E-state index >= 15 is 0 Å². The molecule has 1 aliphatic heterocycles. The van der Waals surface area contributed by atoms with Crippen LogP contribution in [0.25, 0.3) is 11.3 Å². The predicted octanol–water partition coefficient (Wildman–Crippen LogP) is 1.96. The summed E-state index contributed by atoms with van der Waals surface area (Å²) in [4.78, 5) is 37.2. The first-order valence-electron chi connectivity index (χ1n) is 9.93. The Morgan fingerprint density at radius 3 is 2.52 bits per heavy atom. The van der Waals surface area contributed by atoms with E-state index in [0.29, 0.717) is 36.3 Å². The van der Waals surface area contributed by atoms with Crippen molar-refractivity contribution in [3.8, 4) is 17.1 Å². The Hall–Kier alpha value is -3.16. The second-order valence-corrected chi connectivity index (χ2v) is 7.48. The van der Waals surface area contributed by atoms with Crippen molar-refractivity contribution >= 4 is 17.8 Å². The summed E-state index contributed by atoms with van der Waals surface area (Å²) >= 11 is 0. The lowest BCUT2D eigenvalue weighted by molar-refractivity contribution is -0.137. The van der Waals surface area contributed by atoms with Crippen molar-refractivity contribution in [2.24, 2.45) is 0 Å². The Morgan fingerprint density at radius 1 is 1.14 bits per heavy atom. The topological polar surface area (TPSA) is 102 Å². The largest absolute Gasteiger partial charge is 0.481 e. The van der Waals surface area contributed by atoms with Gasteiger partial charge in [-0.05, 0) is 25.0 Å². The summed E-state index contributed by atoms with van der Waals surface area (Å²) < 4.78 is 5.13. The third kappa shape index (κ3) is 4.01. The molecular formula is C21H25N5O3. The molecule has 0 atom stereocenters. The van der Waals surface area contributed by atoms with Crippen LogP contribution in [-0.2, 0) is 4.79 Å². The van der Waals surface area contributed by atoms with Crippen molar-refractivity contribution in [2.45, 2.75) is 31.7 Å². The Balaban J connectivity index is 1.45. The first kappa shape index (κ1) is 19.2. The number of carbonyl (C=O) groups is 2. The van der Waals surface area contributed by atoms with Crippen LogP contribution in [0.1, 0.15) is 36.0 Å². The fourth-order valence-electron chi connectivity index (χ4n) is 4.12. The van der Waals surface area contributed by atoms with Gasteiger partial charge in [-0.3, -0.25) is 9.59 Å². The SMILES string of the molecule is COc1cc(-c2ccc(C(=O)N3CCN(C4CCCC4)C(=O)C3)cc2)nc(N)n1. The third-order valence-electron chi connectivity index (χ3n) is 5.67. The van der Waals surface area contributed by atoms with Gasteiger partial charge >= 0.3 is 0 Å². The molecule has 1 aromatic carbocycles. The van der Waals surface area contributed by atoms with Crippen LogP contribution in [0.15, 0.2) is 30.3 Å². The van der Waals surface area contributed by atoms with Gasteiger partial charge in [0.1, 0.15) is 6.54 Å². The number of carbonyl (C=O) groups excluding carboxylic acids is 2. The molecule has 1 aliphatic carbocycles. The number of anilines is 1. The van der Waals surface area contributed by atoms with Crippen LogP contribution in [0.5, 0.6) is 5.88 Å². The smallest absolute Gasteiger partial charge is 0.254 e. The van der Waals surface area contributed by atoms with Gasteiger partial charge < -0.3 is 20.3 Å². The predicted molar refractivity (Wildman–Crippen MR) is 108 cm³/mol. The minimum atomic E-state index is -0.129. The van der Waals surface area contributed by atoms with Gasteiger partial charge in [-0.15, -0.1) is 0 Å². The van der Waals surface area contributed by atoms with Gasteiger partial charge in [0.25, 0.3) is 5.91 Å². The molecule has 4 rings (SSSR count). The third-order valence-corrected chi connectivity index (χ3v) is 5.67. The molecule has 2 heterocycles. The molecule has 2 fully saturated rings. The summed E-state index contributed by atoms with van der Waals surface area (Å²) in [5.74, 6) is 0.428. The van der Waals surface area contributed by atoms with E-state index in [2.05, 4.69) is 9.97 Å². The summed E-state index contributed by atoms with van der Waals surface area (Å²) in [5, 5.41) is 0. The number of nitrogens with zero attached hydrogens (tertiary/aromatic N) is 4. The zero-order valence-corrected chi connectivity index (χ0v) is 16.5. The second kappa shape index (κ2) is 8.06. The molecule has 0 unspecified atom stereocenters. The monoisotopic (exact) mass is 395 g/mol. The van der Waals surface area contributed by atoms with Gasteiger partial charge in [-0.25, -0.2) is 4.98 Å². The van der Waals surface area contributed by atoms with E-state index < -0.39 is 0 Å². The number of nitrogen functional groups attached to an aromatic ring is 1. The minimum absolute atomic E-state index is 0.0525. The number of benzene rings is 1. The van der Waals surface area contributed by atoms with Crippen LogP contribution in [-0.4, -0.2) is 64.4 Å². The highest BCUT2D eigenvalue weighted by Crippen LogP contribution is 2.26. The van der Waals surface area contributed by atoms with Crippen molar-refractivity contribution in [2.75, 3.05) is 32.5 Å². The van der Waals surface area contributed by atoms with E-state index in [1.165, 1.54) is 20.0 Å². The number of amides is 2. The van der Waals surface area contributed by atoms with Crippen LogP contribution < -0.4 is 10.5 Å². The van der Waals surface area contributed by atoms with Crippen LogP contribution in [0.2, 0.25) is 0 Å². The molecule has 1 saturated carbocycles. The van der Waals surface area contributed by atoms with Gasteiger partial charge in [-0.2, -0.15) is 4.98 Å². The Morgan fingerprint density at radius 2 is 1.86 bits per heavy atom. The lowest BCUT2D eigenvalue weighted by Gasteiger charge is -2.37. The highest BCUT2D eigenvalue weighted by atomic mass is 16.5. The van der Waals surface area contributed by atoms with E-state index in [9.17, 15) is 9.59 Å². The lowest BCUT2D eigenvalue weighted by Crippen LogP contribution is -2.54. The molecule has 0 spiro atoms. The zero-order valence-electron chi connectivity index (χ0n) is 16.5. The van der Waals surface area contributed by atoms with E-state index in [1.54, 1.807) is 23.1 Å². The van der Waals surface area contributed by atoms with E-state index in [0.717, 1.165) is 18.4 Å². The number of hydrogen-bond donors (Lipinski definition) is 1. The normalized spacial score (nSPS) is 17.6. The number of ether oxygens (including phenoxy) is 1. The molecule has 8 nitrogen and oxygen atoms in total. The van der Waals surface area contributed by atoms with Crippen LogP contribution in [0.3, 0.4) is 0 Å². The fraction of sp³-hybridized carbons (Fsp3) is 0.429. The average Bonchev–Trinajstić information content (AvgIpc) is 3.27. The van der Waals surface area contributed by atoms with Crippen LogP contribution in [0, 0.1) is 0 Å². The summed E-state index contributed by atoms with van der Waals surface area (Å²) in [5.41, 5.74) is 7.69. The molecule has 1 aromatic heterocycles. The van der Waals surface area contributed by atoms with Crippen molar-refractivity contribution < 1.29 is 14.3 Å². The molecule has 2 amide bonds. The lowest BCUT2D eigenvalue weighted by atomic mass is 10.1. The zero-order chi connectivity index (χ0) is 20.4. The van der Waals surface area contributed by atoms with Crippen molar-refractivity contribution in [3.63, 3.8) is 0 Å². The molecule has 0 bridgehead atoms. The number of hydrogen-bond acceptors (Lipinski definition) is 6. The minimum Gasteiger partial charge on any atom is -0.481 e. The van der Waals surface area contributed by atoms with E-state index in [4.69, 9.17) is 10.5 Å². The summed E-state index contributed by atoms with van der Waals surface area (Å²) in [7, 11) is 1.51. The Kier molecular flexibility index (Phi) is 5.33. The summed E-state index contributed by atoms with van der Waals surface area (Å²) in [6.45, 7) is 1.34. The summed E-state index contributed by atoms with van der Waals surface area (Å²) in [6.07, 6.45) is 4.54. The maximum Gasteiger partial charge on any atom is 0.254 e. The van der Waals surface area contributed by atoms with Gasteiger partial charge in [0, 0.05) is 36.3 Å². The Labute approximate surface area is 169 Å². The molecule has 29 heavy (non-hydrogen) atoms. The molecule has 2 aliphatic rings. The van der Waals surface area contributed by atoms with Gasteiger partial charge in [0.05, 0.1) is 12.8 Å². The summed E-state index contributed by atoms with van der Waals surface area (Å²) in [6, 6.07) is 9.16. The standard InChI is InChI=1S/C21H25N5O3/c1-29-18-12-17(23-21(22)24-18)14-6-8-15(9-7-14)20(28)25-10-11-26(19(27)13-25)16-4-2-3-5-16/h6-9,12,16H,2-5,10-11,13H2,1H3,(H2,22,23,24). The highest BCUT2D eigenvalue weighted by Gasteiger charge is 2.33. The molecule has 0 radical (unpaired) electrons. The number of methoxy groups -OCH3 is 1. The number of rotatable bonds is 4. The first-order chi connectivity index (χ1) is 14.0. The molecule has 8 heteroatoms. The van der Waals surface area contributed by atoms with Gasteiger partial charge in [-0.1, -0.05) is 25.0 Å². The quantitative estimate of drug-likeness (QED) is 0.849. The van der Waals surface area contributed by atoms with Crippen molar-refractivity contribution in [3.05, 3.63) is 35.9 Å². The molecular weight excluding hydrogens is 370 g/mol. The van der Waals surface area contributed by atoms with Gasteiger partial charge in [0.2, 0.25) is 17.7 Å². The molecule has 2 aromatic rings. The van der Waals surface area contributed by atoms with Crippen molar-refractivity contribution in [1.82, 2.24) is 19.8 Å². The fourth-order valence-corrected chi connectivity index (χ4v) is 4.12. The molecule has 152 valence electrons. The first-order valence-corrected chi connectivity index (χ1v) is 9.93. The number of piperazine rings is 1. The van der Waals surface area contributed by atoms with Gasteiger partial charge in [0.15, 0.2) is 0 Å².